The number of hydrazine groups is 1. The molecule has 0 atom stereocenters. The van der Waals surface area contributed by atoms with Crippen LogP contribution >= 0.6 is 0 Å². The number of carbonyl (C=O) groups excluding carboxylic acids is 1. The summed E-state index contributed by atoms with van der Waals surface area (Å²) in [6.07, 6.45) is 3.64. The number of aryl methyl sites for hydroxylation is 1. The molecule has 1 aromatic heterocycles. The van der Waals surface area contributed by atoms with Crippen molar-refractivity contribution < 1.29 is 9.53 Å². The number of nitrogens with one attached hydrogen (secondary N) is 1. The Labute approximate surface area is 106 Å². The number of ether oxygens (including phenoxy) is 1. The van der Waals surface area contributed by atoms with Crippen molar-refractivity contribution in [3.8, 4) is 0 Å². The lowest BCUT2D eigenvalue weighted by atomic mass is 10.2. The van der Waals surface area contributed by atoms with Crippen LogP contribution < -0.4 is 5.43 Å². The van der Waals surface area contributed by atoms with Crippen LogP contribution in [0.2, 0.25) is 0 Å². The maximum absolute atomic E-state index is 11.4. The predicted octanol–water partition coefficient (Wildman–Crippen LogP) is 1.38. The molecule has 0 radical (unpaired) electrons. The first-order chi connectivity index (χ1) is 8.69. The summed E-state index contributed by atoms with van der Waals surface area (Å²) in [6.45, 7) is 3.82. The first-order valence-electron chi connectivity index (χ1n) is 6.14. The highest BCUT2D eigenvalue weighted by atomic mass is 16.5. The molecule has 2 heterocycles. The molecule has 1 aliphatic heterocycles. The molecule has 1 saturated heterocycles. The van der Waals surface area contributed by atoms with Gasteiger partial charge in [-0.1, -0.05) is 6.42 Å². The summed E-state index contributed by atoms with van der Waals surface area (Å²) in [5, 5.41) is 2.12. The summed E-state index contributed by atoms with van der Waals surface area (Å²) in [6, 6.07) is 1.82. The first kappa shape index (κ1) is 12.8. The summed E-state index contributed by atoms with van der Waals surface area (Å²) in [5.41, 5.74) is 3.96. The van der Waals surface area contributed by atoms with Crippen LogP contribution in [0.15, 0.2) is 6.07 Å². The number of methoxy groups -OCH3 is 1. The number of aromatic nitrogens is 2. The molecule has 6 heteroatoms. The van der Waals surface area contributed by atoms with Gasteiger partial charge in [-0.25, -0.2) is 19.8 Å². The van der Waals surface area contributed by atoms with Gasteiger partial charge in [0, 0.05) is 24.8 Å². The smallest absolute Gasteiger partial charge is 0.376 e. The van der Waals surface area contributed by atoms with E-state index >= 15 is 0 Å². The Hall–Kier alpha value is -1.69. The van der Waals surface area contributed by atoms with Crippen LogP contribution in [0.1, 0.15) is 35.6 Å². The second-order valence-corrected chi connectivity index (χ2v) is 4.37. The largest absolute Gasteiger partial charge is 0.463 e. The Bertz CT molecular complexity index is 430. The quantitative estimate of drug-likeness (QED) is 0.818. The van der Waals surface area contributed by atoms with Crippen molar-refractivity contribution in [3.05, 3.63) is 17.6 Å². The van der Waals surface area contributed by atoms with Gasteiger partial charge in [-0.15, -0.1) is 0 Å². The van der Waals surface area contributed by atoms with Crippen molar-refractivity contribution in [2.75, 3.05) is 25.6 Å². The van der Waals surface area contributed by atoms with E-state index in [9.17, 15) is 4.79 Å². The Kier molecular flexibility index (Phi) is 4.09. The maximum Gasteiger partial charge on any atom is 0.376 e. The number of esters is 1. The van der Waals surface area contributed by atoms with E-state index in [1.165, 1.54) is 26.4 Å². The van der Waals surface area contributed by atoms with E-state index in [2.05, 4.69) is 25.1 Å². The van der Waals surface area contributed by atoms with Gasteiger partial charge < -0.3 is 10.2 Å². The average molecular weight is 250 g/mol. The number of nitrogens with zero attached hydrogens (tertiary/aromatic N) is 3. The third-order valence-electron chi connectivity index (χ3n) is 2.85. The van der Waals surface area contributed by atoms with Crippen molar-refractivity contribution in [1.82, 2.24) is 15.0 Å². The highest BCUT2D eigenvalue weighted by Gasteiger charge is 2.14. The lowest BCUT2D eigenvalue weighted by Gasteiger charge is -2.27. The minimum atomic E-state index is -0.514. The molecule has 1 aromatic rings. The number of carbonyl (C=O) groups is 1. The van der Waals surface area contributed by atoms with Gasteiger partial charge in [0.15, 0.2) is 0 Å². The number of rotatable bonds is 3. The van der Waals surface area contributed by atoms with E-state index in [-0.39, 0.29) is 5.82 Å². The SMILES string of the molecule is COC(=O)c1nc(C)cc(NN2CCCCC2)n1. The Morgan fingerprint density at radius 1 is 1.33 bits per heavy atom. The predicted molar refractivity (Wildman–Crippen MR) is 67.2 cm³/mol. The van der Waals surface area contributed by atoms with E-state index < -0.39 is 5.97 Å². The minimum absolute atomic E-state index is 0.0945. The summed E-state index contributed by atoms with van der Waals surface area (Å²) >= 11 is 0. The zero-order chi connectivity index (χ0) is 13.0. The molecule has 0 amide bonds. The molecule has 0 unspecified atom stereocenters. The summed E-state index contributed by atoms with van der Waals surface area (Å²) in [5.74, 6) is 0.224. The monoisotopic (exact) mass is 250 g/mol. The molecule has 0 saturated carbocycles. The normalized spacial score (nSPS) is 16.3. The molecule has 0 spiro atoms. The van der Waals surface area contributed by atoms with Crippen LogP contribution in [-0.4, -0.2) is 41.1 Å². The average Bonchev–Trinajstić information content (AvgIpc) is 2.38. The molecule has 1 fully saturated rings. The zero-order valence-corrected chi connectivity index (χ0v) is 10.8. The van der Waals surface area contributed by atoms with Crippen LogP contribution in [0, 0.1) is 6.92 Å². The highest BCUT2D eigenvalue weighted by molar-refractivity contribution is 5.85. The van der Waals surface area contributed by atoms with E-state index in [1.54, 1.807) is 0 Å². The fraction of sp³-hybridized carbons (Fsp3) is 0.583. The lowest BCUT2D eigenvalue weighted by molar-refractivity contribution is 0.0586. The minimum Gasteiger partial charge on any atom is -0.463 e. The summed E-state index contributed by atoms with van der Waals surface area (Å²) < 4.78 is 4.63. The van der Waals surface area contributed by atoms with E-state index in [1.807, 2.05) is 13.0 Å². The van der Waals surface area contributed by atoms with Gasteiger partial charge in [0.05, 0.1) is 7.11 Å². The Balaban J connectivity index is 2.11. The number of hydrogen-bond donors (Lipinski definition) is 1. The fourth-order valence-electron chi connectivity index (χ4n) is 1.98. The summed E-state index contributed by atoms with van der Waals surface area (Å²) in [4.78, 5) is 19.6. The molecule has 1 N–H and O–H groups in total. The van der Waals surface area contributed by atoms with Crippen molar-refractivity contribution in [2.24, 2.45) is 0 Å². The standard InChI is InChI=1S/C12H18N4O2/c1-9-8-10(14-11(13-9)12(17)18-2)15-16-6-4-3-5-7-16/h8H,3-7H2,1-2H3,(H,13,14,15). The van der Waals surface area contributed by atoms with Crippen molar-refractivity contribution in [1.29, 1.82) is 0 Å². The van der Waals surface area contributed by atoms with Crippen LogP contribution in [-0.2, 0) is 4.74 Å². The number of hydrogen-bond acceptors (Lipinski definition) is 6. The highest BCUT2D eigenvalue weighted by Crippen LogP contribution is 2.12. The molecule has 1 aliphatic rings. The third-order valence-corrected chi connectivity index (χ3v) is 2.85. The number of piperidine rings is 1. The zero-order valence-electron chi connectivity index (χ0n) is 10.8. The van der Waals surface area contributed by atoms with Gasteiger partial charge in [0.1, 0.15) is 5.82 Å². The van der Waals surface area contributed by atoms with Gasteiger partial charge in [-0.2, -0.15) is 0 Å². The van der Waals surface area contributed by atoms with Crippen molar-refractivity contribution in [3.63, 3.8) is 0 Å². The number of anilines is 1. The van der Waals surface area contributed by atoms with Gasteiger partial charge in [-0.3, -0.25) is 0 Å². The van der Waals surface area contributed by atoms with Gasteiger partial charge in [0.25, 0.3) is 0 Å². The van der Waals surface area contributed by atoms with Gasteiger partial charge >= 0.3 is 5.97 Å². The summed E-state index contributed by atoms with van der Waals surface area (Å²) in [7, 11) is 1.33. The molecule has 98 valence electrons. The second kappa shape index (κ2) is 5.77. The van der Waals surface area contributed by atoms with E-state index in [0.29, 0.717) is 5.82 Å². The van der Waals surface area contributed by atoms with E-state index in [0.717, 1.165) is 18.8 Å². The van der Waals surface area contributed by atoms with Crippen molar-refractivity contribution >= 4 is 11.8 Å². The van der Waals surface area contributed by atoms with Gasteiger partial charge in [0.2, 0.25) is 5.82 Å². The van der Waals surface area contributed by atoms with Crippen molar-refractivity contribution in [2.45, 2.75) is 26.2 Å². The molecule has 0 aromatic carbocycles. The molecule has 6 nitrogen and oxygen atoms in total. The molecule has 2 rings (SSSR count). The van der Waals surface area contributed by atoms with Crippen LogP contribution in [0.5, 0.6) is 0 Å². The Morgan fingerprint density at radius 2 is 2.06 bits per heavy atom. The third kappa shape index (κ3) is 3.16. The maximum atomic E-state index is 11.4. The molecule has 18 heavy (non-hydrogen) atoms. The molecular weight excluding hydrogens is 232 g/mol. The van der Waals surface area contributed by atoms with Gasteiger partial charge in [-0.05, 0) is 19.8 Å². The fourth-order valence-corrected chi connectivity index (χ4v) is 1.98. The van der Waals surface area contributed by atoms with E-state index in [4.69, 9.17) is 0 Å². The topological polar surface area (TPSA) is 67.3 Å². The van der Waals surface area contributed by atoms with Crippen LogP contribution in [0.4, 0.5) is 5.82 Å². The first-order valence-corrected chi connectivity index (χ1v) is 6.14. The molecule has 0 bridgehead atoms. The lowest BCUT2D eigenvalue weighted by Crippen LogP contribution is -2.35. The van der Waals surface area contributed by atoms with Crippen LogP contribution in [0.3, 0.4) is 0 Å². The van der Waals surface area contributed by atoms with Crippen LogP contribution in [0.25, 0.3) is 0 Å². The molecule has 0 aliphatic carbocycles. The molecular formula is C12H18N4O2. The Morgan fingerprint density at radius 3 is 2.72 bits per heavy atom. The second-order valence-electron chi connectivity index (χ2n) is 4.37.